The van der Waals surface area contributed by atoms with Crippen molar-refractivity contribution in [3.8, 4) is 6.07 Å². The topological polar surface area (TPSA) is 97.6 Å². The van der Waals surface area contributed by atoms with Crippen molar-refractivity contribution in [1.29, 1.82) is 5.26 Å². The highest BCUT2D eigenvalue weighted by Gasteiger charge is 2.28. The summed E-state index contributed by atoms with van der Waals surface area (Å²) in [7, 11) is -1.49. The molecule has 8 heteroatoms. The van der Waals surface area contributed by atoms with Gasteiger partial charge in [0, 0.05) is 32.7 Å². The largest absolute Gasteiger partial charge is 0.368 e. The number of rotatable bonds is 5. The number of anilines is 1. The van der Waals surface area contributed by atoms with Gasteiger partial charge in [-0.15, -0.1) is 0 Å². The summed E-state index contributed by atoms with van der Waals surface area (Å²) in [6.45, 7) is 7.13. The summed E-state index contributed by atoms with van der Waals surface area (Å²) in [6, 6.07) is 10.1. The predicted octanol–water partition coefficient (Wildman–Crippen LogP) is 1.91. The zero-order valence-electron chi connectivity index (χ0n) is 17.2. The SMILES string of the molecule is CN=C(NCCS(=O)(=O)C(C)(C)C)NC1CCCN(c2ccccc2C#N)C1. The molecule has 1 heterocycles. The minimum atomic E-state index is -3.17. The molecule has 2 rings (SSSR count). The lowest BCUT2D eigenvalue weighted by molar-refractivity contribution is 0.468. The number of nitrogens with zero attached hydrogens (tertiary/aromatic N) is 3. The van der Waals surface area contributed by atoms with E-state index in [9.17, 15) is 13.7 Å². The van der Waals surface area contributed by atoms with E-state index in [0.717, 1.165) is 31.6 Å². The van der Waals surface area contributed by atoms with E-state index >= 15 is 0 Å². The Labute approximate surface area is 168 Å². The monoisotopic (exact) mass is 405 g/mol. The normalized spacial score (nSPS) is 18.5. The number of benzene rings is 1. The third-order valence-corrected chi connectivity index (χ3v) is 7.55. The molecule has 1 aliphatic heterocycles. The third-order valence-electron chi connectivity index (χ3n) is 4.95. The fraction of sp³-hybridized carbons (Fsp3) is 0.600. The van der Waals surface area contributed by atoms with Crippen LogP contribution in [0.1, 0.15) is 39.2 Å². The molecule has 1 saturated heterocycles. The molecule has 1 aromatic rings. The maximum absolute atomic E-state index is 12.2. The lowest BCUT2D eigenvalue weighted by atomic mass is 10.0. The molecule has 1 atom stereocenters. The Morgan fingerprint density at radius 1 is 1.36 bits per heavy atom. The van der Waals surface area contributed by atoms with Gasteiger partial charge in [0.05, 0.1) is 21.8 Å². The van der Waals surface area contributed by atoms with E-state index in [2.05, 4.69) is 26.6 Å². The molecular formula is C20H31N5O2S. The molecule has 0 aromatic heterocycles. The smallest absolute Gasteiger partial charge is 0.191 e. The van der Waals surface area contributed by atoms with Crippen LogP contribution in [0.5, 0.6) is 0 Å². The van der Waals surface area contributed by atoms with Crippen molar-refractivity contribution in [2.45, 2.75) is 44.4 Å². The van der Waals surface area contributed by atoms with Crippen LogP contribution in [0.4, 0.5) is 5.69 Å². The molecule has 0 aliphatic carbocycles. The Balaban J connectivity index is 1.93. The maximum Gasteiger partial charge on any atom is 0.191 e. The van der Waals surface area contributed by atoms with Crippen LogP contribution in [-0.2, 0) is 9.84 Å². The van der Waals surface area contributed by atoms with Crippen molar-refractivity contribution in [1.82, 2.24) is 10.6 Å². The molecule has 1 fully saturated rings. The first-order chi connectivity index (χ1) is 13.2. The molecule has 1 aliphatic rings. The second kappa shape index (κ2) is 9.28. The second-order valence-electron chi connectivity index (χ2n) is 7.99. The Hall–Kier alpha value is -2.27. The molecule has 154 valence electrons. The Morgan fingerprint density at radius 2 is 2.07 bits per heavy atom. The van der Waals surface area contributed by atoms with Gasteiger partial charge in [0.25, 0.3) is 0 Å². The van der Waals surface area contributed by atoms with E-state index in [1.807, 2.05) is 24.3 Å². The maximum atomic E-state index is 12.2. The van der Waals surface area contributed by atoms with Crippen LogP contribution in [0.15, 0.2) is 29.3 Å². The summed E-state index contributed by atoms with van der Waals surface area (Å²) < 4.78 is 23.7. The molecule has 0 bridgehead atoms. The predicted molar refractivity (Wildman–Crippen MR) is 114 cm³/mol. The first-order valence-corrected chi connectivity index (χ1v) is 11.3. The number of nitriles is 1. The van der Waals surface area contributed by atoms with Crippen LogP contribution in [0.2, 0.25) is 0 Å². The van der Waals surface area contributed by atoms with Crippen molar-refractivity contribution in [3.63, 3.8) is 0 Å². The molecule has 1 unspecified atom stereocenters. The van der Waals surface area contributed by atoms with Gasteiger partial charge >= 0.3 is 0 Å². The summed E-state index contributed by atoms with van der Waals surface area (Å²) in [5, 5.41) is 15.8. The van der Waals surface area contributed by atoms with E-state index in [1.165, 1.54) is 0 Å². The van der Waals surface area contributed by atoms with Gasteiger partial charge in [0.1, 0.15) is 6.07 Å². The molecule has 0 radical (unpaired) electrons. The lowest BCUT2D eigenvalue weighted by Crippen LogP contribution is -2.52. The highest BCUT2D eigenvalue weighted by atomic mass is 32.2. The highest BCUT2D eigenvalue weighted by molar-refractivity contribution is 7.92. The minimum absolute atomic E-state index is 0.0591. The molecule has 2 N–H and O–H groups in total. The number of aliphatic imine (C=N–C) groups is 1. The number of nitrogens with one attached hydrogen (secondary N) is 2. The average molecular weight is 406 g/mol. The molecule has 7 nitrogen and oxygen atoms in total. The number of piperidine rings is 1. The Bertz CT molecular complexity index is 837. The number of para-hydroxylation sites is 1. The lowest BCUT2D eigenvalue weighted by Gasteiger charge is -2.35. The van der Waals surface area contributed by atoms with Crippen molar-refractivity contribution < 1.29 is 8.42 Å². The van der Waals surface area contributed by atoms with Crippen molar-refractivity contribution >= 4 is 21.5 Å². The van der Waals surface area contributed by atoms with Crippen LogP contribution in [-0.4, -0.2) is 57.6 Å². The van der Waals surface area contributed by atoms with Crippen LogP contribution in [0, 0.1) is 11.3 Å². The van der Waals surface area contributed by atoms with Crippen LogP contribution >= 0.6 is 0 Å². The quantitative estimate of drug-likeness (QED) is 0.574. The molecule has 0 amide bonds. The fourth-order valence-corrected chi connectivity index (χ4v) is 4.14. The van der Waals surface area contributed by atoms with E-state index in [1.54, 1.807) is 27.8 Å². The number of guanidine groups is 1. The zero-order valence-corrected chi connectivity index (χ0v) is 18.0. The molecule has 28 heavy (non-hydrogen) atoms. The molecule has 0 spiro atoms. The van der Waals surface area contributed by atoms with E-state index in [4.69, 9.17) is 0 Å². The standard InChI is InChI=1S/C20H31N5O2S/c1-20(2,3)28(26,27)13-11-23-19(22-4)24-17-9-7-12-25(15-17)18-10-6-5-8-16(18)14-21/h5-6,8,10,17H,7,9,11-13,15H2,1-4H3,(H2,22,23,24). The van der Waals surface area contributed by atoms with Gasteiger partial charge in [-0.25, -0.2) is 8.42 Å². The number of sulfone groups is 1. The second-order valence-corrected chi connectivity index (χ2v) is 10.9. The molecule has 1 aromatic carbocycles. The van der Waals surface area contributed by atoms with Crippen molar-refractivity contribution in [2.75, 3.05) is 37.3 Å². The van der Waals surface area contributed by atoms with Crippen molar-refractivity contribution in [3.05, 3.63) is 29.8 Å². The van der Waals surface area contributed by atoms with E-state index in [-0.39, 0.29) is 11.8 Å². The van der Waals surface area contributed by atoms with Gasteiger partial charge < -0.3 is 15.5 Å². The number of hydrogen-bond donors (Lipinski definition) is 2. The summed E-state index contributed by atoms with van der Waals surface area (Å²) >= 11 is 0. The summed E-state index contributed by atoms with van der Waals surface area (Å²) in [6.07, 6.45) is 2.00. The van der Waals surface area contributed by atoms with Crippen LogP contribution in [0.25, 0.3) is 0 Å². The van der Waals surface area contributed by atoms with Gasteiger partial charge in [0.2, 0.25) is 0 Å². The molecular weight excluding hydrogens is 374 g/mol. The summed E-state index contributed by atoms with van der Waals surface area (Å²) in [5.41, 5.74) is 1.63. The van der Waals surface area contributed by atoms with Crippen LogP contribution < -0.4 is 15.5 Å². The Morgan fingerprint density at radius 3 is 2.71 bits per heavy atom. The van der Waals surface area contributed by atoms with Gasteiger partial charge in [-0.3, -0.25) is 4.99 Å². The zero-order chi connectivity index (χ0) is 20.8. The van der Waals surface area contributed by atoms with Gasteiger partial charge in [-0.2, -0.15) is 5.26 Å². The first-order valence-electron chi connectivity index (χ1n) is 9.61. The first kappa shape index (κ1) is 22.0. The van der Waals surface area contributed by atoms with Gasteiger partial charge in [-0.1, -0.05) is 12.1 Å². The fourth-order valence-electron chi connectivity index (χ4n) is 3.16. The van der Waals surface area contributed by atoms with E-state index in [0.29, 0.717) is 18.1 Å². The van der Waals surface area contributed by atoms with Crippen molar-refractivity contribution in [2.24, 2.45) is 4.99 Å². The summed E-state index contributed by atoms with van der Waals surface area (Å²) in [4.78, 5) is 6.44. The number of hydrogen-bond acceptors (Lipinski definition) is 5. The summed E-state index contributed by atoms with van der Waals surface area (Å²) in [5.74, 6) is 0.660. The Kier molecular flexibility index (Phi) is 7.30. The third kappa shape index (κ3) is 5.61. The molecule has 0 saturated carbocycles. The van der Waals surface area contributed by atoms with Crippen LogP contribution in [0.3, 0.4) is 0 Å². The van der Waals surface area contributed by atoms with Gasteiger partial charge in [-0.05, 0) is 45.7 Å². The van der Waals surface area contributed by atoms with E-state index < -0.39 is 14.6 Å². The minimum Gasteiger partial charge on any atom is -0.368 e. The average Bonchev–Trinajstić information content (AvgIpc) is 2.66. The van der Waals surface area contributed by atoms with Gasteiger partial charge in [0.15, 0.2) is 15.8 Å². The highest BCUT2D eigenvalue weighted by Crippen LogP contribution is 2.23.